The number of aromatic nitrogens is 3. The van der Waals surface area contributed by atoms with Crippen LogP contribution in [0.4, 0.5) is 11.4 Å². The summed E-state index contributed by atoms with van der Waals surface area (Å²) >= 11 is 0. The molecule has 3 atom stereocenters. The summed E-state index contributed by atoms with van der Waals surface area (Å²) in [5.74, 6) is -0.982. The Morgan fingerprint density at radius 3 is 2.41 bits per heavy atom. The van der Waals surface area contributed by atoms with Crippen LogP contribution < -0.4 is 15.0 Å². The molecule has 10 nitrogen and oxygen atoms in total. The maximum Gasteiger partial charge on any atom is 0.264 e. The lowest BCUT2D eigenvalue weighted by molar-refractivity contribution is -0.139. The summed E-state index contributed by atoms with van der Waals surface area (Å²) in [6.45, 7) is 2.54. The zero-order valence-electron chi connectivity index (χ0n) is 27.4. The Balaban J connectivity index is 1.20. The lowest BCUT2D eigenvalue weighted by atomic mass is 9.82. The average molecular weight is 658 g/mol. The summed E-state index contributed by atoms with van der Waals surface area (Å²) in [7, 11) is 1.56. The predicted molar refractivity (Wildman–Crippen MR) is 187 cm³/mol. The summed E-state index contributed by atoms with van der Waals surface area (Å²) in [4.78, 5) is 28.8. The number of nitrogens with zero attached hydrogens (tertiary/aromatic N) is 4. The van der Waals surface area contributed by atoms with E-state index >= 15 is 0 Å². The van der Waals surface area contributed by atoms with Crippen molar-refractivity contribution in [1.82, 2.24) is 15.0 Å². The number of carbonyl (C=O) groups is 2. The molecule has 0 saturated heterocycles. The van der Waals surface area contributed by atoms with E-state index in [9.17, 15) is 19.8 Å². The molecule has 0 aliphatic carbocycles. The molecule has 1 aromatic heterocycles. The summed E-state index contributed by atoms with van der Waals surface area (Å²) in [6, 6.07) is 31.3. The first-order valence-corrected chi connectivity index (χ1v) is 16.2. The average Bonchev–Trinajstić information content (AvgIpc) is 3.68. The maximum absolute atomic E-state index is 14.1. The first-order chi connectivity index (χ1) is 23.8. The number of allylic oxidation sites excluding steroid dienone is 1. The Morgan fingerprint density at radius 2 is 1.71 bits per heavy atom. The summed E-state index contributed by atoms with van der Waals surface area (Å²) in [5.41, 5.74) is 2.62. The highest BCUT2D eigenvalue weighted by atomic mass is 16.5. The maximum atomic E-state index is 14.1. The van der Waals surface area contributed by atoms with Crippen LogP contribution in [-0.4, -0.2) is 50.7 Å². The van der Waals surface area contributed by atoms with Gasteiger partial charge in [0.1, 0.15) is 5.75 Å². The standard InChI is InChI=1S/C39H39N5O5/c1-27(11-9-10-22-43-25-35(41-42-43)33(26-45)29-14-7-4-8-15-29)39(48)34-23-31(40-37(46)30-16-19-32(49-2)20-17-30)18-21-36(34)44(38(39)47)24-28-12-5-3-6-13-28/h3-9,11-21,23,25,27,33,45,48H,10,22,24,26H2,1-2H3,(H,40,46)/b11-9+/t27-,33?,39+/m0/s1. The van der Waals surface area contributed by atoms with Crippen molar-refractivity contribution in [3.8, 4) is 5.75 Å². The van der Waals surface area contributed by atoms with Gasteiger partial charge in [0.15, 0.2) is 5.60 Å². The second kappa shape index (κ2) is 14.7. The van der Waals surface area contributed by atoms with Crippen LogP contribution in [0.15, 0.2) is 121 Å². The summed E-state index contributed by atoms with van der Waals surface area (Å²) in [6.07, 6.45) is 6.17. The van der Waals surface area contributed by atoms with Crippen LogP contribution in [0.25, 0.3) is 0 Å². The Bertz CT molecular complexity index is 1930. The molecule has 1 aliphatic rings. The molecule has 0 bridgehead atoms. The molecule has 6 rings (SSSR count). The highest BCUT2D eigenvalue weighted by Crippen LogP contribution is 2.47. The SMILES string of the molecule is COc1ccc(C(=O)Nc2ccc3c(c2)[C@](O)([C@@H](C)/C=C/CCn2cc(C(CO)c4ccccc4)nn2)C(=O)N3Cc2ccccc2)cc1. The lowest BCUT2D eigenvalue weighted by Crippen LogP contribution is -2.44. The van der Waals surface area contributed by atoms with Crippen LogP contribution in [0, 0.1) is 5.92 Å². The zero-order chi connectivity index (χ0) is 34.4. The number of carbonyl (C=O) groups excluding carboxylic acids is 2. The van der Waals surface area contributed by atoms with E-state index in [2.05, 4.69) is 15.6 Å². The van der Waals surface area contributed by atoms with E-state index in [0.717, 1.165) is 11.1 Å². The van der Waals surface area contributed by atoms with Crippen molar-refractivity contribution in [2.24, 2.45) is 5.92 Å². The highest BCUT2D eigenvalue weighted by molar-refractivity contribution is 6.09. The second-order valence-electron chi connectivity index (χ2n) is 12.1. The van der Waals surface area contributed by atoms with Gasteiger partial charge in [-0.25, -0.2) is 0 Å². The number of aliphatic hydroxyl groups is 2. The zero-order valence-corrected chi connectivity index (χ0v) is 27.4. The number of ether oxygens (including phenoxy) is 1. The van der Waals surface area contributed by atoms with Crippen molar-refractivity contribution in [1.29, 1.82) is 0 Å². The van der Waals surface area contributed by atoms with Crippen LogP contribution in [0.3, 0.4) is 0 Å². The fourth-order valence-electron chi connectivity index (χ4n) is 6.18. The first kappa shape index (κ1) is 33.3. The van der Waals surface area contributed by atoms with Crippen LogP contribution in [0.2, 0.25) is 0 Å². The summed E-state index contributed by atoms with van der Waals surface area (Å²) in [5, 5.41) is 33.7. The van der Waals surface area contributed by atoms with Crippen molar-refractivity contribution in [3.63, 3.8) is 0 Å². The molecule has 1 unspecified atom stereocenters. The third-order valence-electron chi connectivity index (χ3n) is 8.97. The third-order valence-corrected chi connectivity index (χ3v) is 8.97. The third kappa shape index (κ3) is 7.01. The highest BCUT2D eigenvalue weighted by Gasteiger charge is 2.52. The van der Waals surface area contributed by atoms with Gasteiger partial charge < -0.3 is 25.2 Å². The molecule has 0 fully saturated rings. The monoisotopic (exact) mass is 657 g/mol. The van der Waals surface area contributed by atoms with Crippen molar-refractivity contribution in [3.05, 3.63) is 149 Å². The molecule has 49 heavy (non-hydrogen) atoms. The second-order valence-corrected chi connectivity index (χ2v) is 12.1. The minimum atomic E-state index is -1.87. The van der Waals surface area contributed by atoms with Crippen molar-refractivity contribution < 1.29 is 24.5 Å². The van der Waals surface area contributed by atoms with E-state index in [-0.39, 0.29) is 25.0 Å². The van der Waals surface area contributed by atoms with E-state index in [1.165, 1.54) is 0 Å². The number of amides is 2. The van der Waals surface area contributed by atoms with Gasteiger partial charge in [0, 0.05) is 35.5 Å². The molecule has 0 saturated carbocycles. The van der Waals surface area contributed by atoms with Gasteiger partial charge in [-0.1, -0.05) is 85.0 Å². The van der Waals surface area contributed by atoms with Gasteiger partial charge >= 0.3 is 0 Å². The van der Waals surface area contributed by atoms with E-state index in [1.54, 1.807) is 59.2 Å². The normalized spacial score (nSPS) is 16.8. The van der Waals surface area contributed by atoms with Gasteiger partial charge in [0.25, 0.3) is 11.8 Å². The lowest BCUT2D eigenvalue weighted by Gasteiger charge is -2.28. The number of aryl methyl sites for hydroxylation is 1. The fraction of sp³-hybridized carbons (Fsp3) is 0.231. The van der Waals surface area contributed by atoms with Gasteiger partial charge in [0.2, 0.25) is 0 Å². The van der Waals surface area contributed by atoms with E-state index < -0.39 is 17.4 Å². The molecule has 2 amide bonds. The van der Waals surface area contributed by atoms with Crippen molar-refractivity contribution >= 4 is 23.2 Å². The minimum Gasteiger partial charge on any atom is -0.497 e. The van der Waals surface area contributed by atoms with Crippen LogP contribution >= 0.6 is 0 Å². The number of aliphatic hydroxyl groups excluding tert-OH is 1. The topological polar surface area (TPSA) is 130 Å². The van der Waals surface area contributed by atoms with E-state index in [0.29, 0.717) is 46.9 Å². The largest absolute Gasteiger partial charge is 0.497 e. The van der Waals surface area contributed by atoms with Gasteiger partial charge in [-0.05, 0) is 60.0 Å². The number of methoxy groups -OCH3 is 1. The Labute approximate surface area is 285 Å². The van der Waals surface area contributed by atoms with Gasteiger partial charge in [-0.15, -0.1) is 5.10 Å². The van der Waals surface area contributed by atoms with Gasteiger partial charge in [-0.3, -0.25) is 14.3 Å². The molecule has 2 heterocycles. The number of benzene rings is 4. The molecule has 3 N–H and O–H groups in total. The van der Waals surface area contributed by atoms with E-state index in [1.807, 2.05) is 85.9 Å². The molecule has 0 spiro atoms. The van der Waals surface area contributed by atoms with Gasteiger partial charge in [0.05, 0.1) is 37.6 Å². The van der Waals surface area contributed by atoms with Gasteiger partial charge in [-0.2, -0.15) is 0 Å². The quantitative estimate of drug-likeness (QED) is 0.139. The molecule has 4 aromatic carbocycles. The number of anilines is 2. The summed E-state index contributed by atoms with van der Waals surface area (Å²) < 4.78 is 6.92. The molecule has 0 radical (unpaired) electrons. The molecular weight excluding hydrogens is 618 g/mol. The molecule has 250 valence electrons. The number of hydrogen-bond donors (Lipinski definition) is 3. The molecule has 5 aromatic rings. The van der Waals surface area contributed by atoms with E-state index in [4.69, 9.17) is 4.74 Å². The first-order valence-electron chi connectivity index (χ1n) is 16.2. The van der Waals surface area contributed by atoms with Crippen molar-refractivity contribution in [2.75, 3.05) is 23.9 Å². The van der Waals surface area contributed by atoms with Crippen LogP contribution in [-0.2, 0) is 23.5 Å². The molecule has 1 aliphatic heterocycles. The Kier molecular flexibility index (Phi) is 9.98. The number of fused-ring (bicyclic) bond motifs is 1. The minimum absolute atomic E-state index is 0.0810. The fourth-order valence-corrected chi connectivity index (χ4v) is 6.18. The van der Waals surface area contributed by atoms with Crippen molar-refractivity contribution in [2.45, 2.75) is 38.0 Å². The molecule has 10 heteroatoms. The number of hydrogen-bond acceptors (Lipinski definition) is 7. The van der Waals surface area contributed by atoms with Crippen LogP contribution in [0.5, 0.6) is 5.75 Å². The Morgan fingerprint density at radius 1 is 1.00 bits per heavy atom. The predicted octanol–water partition coefficient (Wildman–Crippen LogP) is 5.68. The Hall–Kier alpha value is -5.58. The smallest absolute Gasteiger partial charge is 0.264 e. The number of rotatable bonds is 13. The van der Waals surface area contributed by atoms with Crippen LogP contribution in [0.1, 0.15) is 52.0 Å². The number of nitrogens with one attached hydrogen (secondary N) is 1. The molecular formula is C39H39N5O5.